The number of nitrogens with one attached hydrogen (secondary N) is 1. The normalized spacial score (nSPS) is 15.0. The molecule has 1 saturated carbocycles. The van der Waals surface area contributed by atoms with Crippen molar-refractivity contribution < 1.29 is 14.3 Å². The highest BCUT2D eigenvalue weighted by Crippen LogP contribution is 2.38. The maximum Gasteiger partial charge on any atom is 0.338 e. The zero-order valence-electron chi connectivity index (χ0n) is 16.4. The van der Waals surface area contributed by atoms with E-state index in [1.165, 1.54) is 12.8 Å². The lowest BCUT2D eigenvalue weighted by atomic mass is 9.96. The maximum atomic E-state index is 12.9. The van der Waals surface area contributed by atoms with Crippen LogP contribution >= 0.6 is 15.9 Å². The molecule has 0 spiro atoms. The lowest BCUT2D eigenvalue weighted by Crippen LogP contribution is -2.24. The molecule has 5 nitrogen and oxygen atoms in total. The highest BCUT2D eigenvalue weighted by Gasteiger charge is 2.31. The molecule has 6 heteroatoms. The molecule has 1 unspecified atom stereocenters. The number of nitrogens with zero attached hydrogens (tertiary/aromatic N) is 1. The molecule has 28 heavy (non-hydrogen) atoms. The summed E-state index contributed by atoms with van der Waals surface area (Å²) >= 11 is 3.38. The number of anilines is 1. The lowest BCUT2D eigenvalue weighted by Gasteiger charge is -2.19. The van der Waals surface area contributed by atoms with Gasteiger partial charge in [-0.25, -0.2) is 4.79 Å². The Labute approximate surface area is 174 Å². The Morgan fingerprint density at radius 1 is 1.18 bits per heavy atom. The summed E-state index contributed by atoms with van der Waals surface area (Å²) < 4.78 is 6.25. The summed E-state index contributed by atoms with van der Waals surface area (Å²) in [5, 5.41) is 2.96. The Morgan fingerprint density at radius 3 is 2.39 bits per heavy atom. The molecule has 1 aromatic heterocycles. The second kappa shape index (κ2) is 8.43. The summed E-state index contributed by atoms with van der Waals surface area (Å²) in [6, 6.07) is 10.6. The highest BCUT2D eigenvalue weighted by atomic mass is 79.9. The first-order valence-electron chi connectivity index (χ1n) is 9.47. The van der Waals surface area contributed by atoms with Gasteiger partial charge < -0.3 is 10.1 Å². The quantitative estimate of drug-likeness (QED) is 0.611. The van der Waals surface area contributed by atoms with Gasteiger partial charge in [0.2, 0.25) is 5.91 Å². The van der Waals surface area contributed by atoms with Crippen molar-refractivity contribution in [2.45, 2.75) is 51.6 Å². The molecule has 148 valence electrons. The zero-order valence-corrected chi connectivity index (χ0v) is 18.0. The number of pyridine rings is 1. The van der Waals surface area contributed by atoms with Crippen LogP contribution in [0.3, 0.4) is 0 Å². The average molecular weight is 445 g/mol. The van der Waals surface area contributed by atoms with Gasteiger partial charge in [0.25, 0.3) is 0 Å². The Bertz CT molecular complexity index is 838. The van der Waals surface area contributed by atoms with Crippen LogP contribution in [-0.2, 0) is 9.53 Å². The molecule has 1 fully saturated rings. The van der Waals surface area contributed by atoms with Crippen molar-refractivity contribution in [2.75, 3.05) is 5.32 Å². The molecule has 2 aromatic rings. The minimum Gasteiger partial charge on any atom is -0.456 e. The summed E-state index contributed by atoms with van der Waals surface area (Å²) in [5.74, 6) is -0.148. The number of carbonyl (C=O) groups is 2. The molecule has 1 N–H and O–H groups in total. The molecule has 1 aliphatic carbocycles. The minimum absolute atomic E-state index is 0.0771. The lowest BCUT2D eigenvalue weighted by molar-refractivity contribution is -0.117. The number of amides is 1. The first kappa shape index (κ1) is 20.5. The maximum absolute atomic E-state index is 12.9. The number of esters is 1. The molecular formula is C22H25BrN2O3. The topological polar surface area (TPSA) is 68.3 Å². The third-order valence-electron chi connectivity index (χ3n) is 4.48. The first-order valence-corrected chi connectivity index (χ1v) is 10.3. The van der Waals surface area contributed by atoms with E-state index < -0.39 is 5.60 Å². The molecule has 0 saturated heterocycles. The fourth-order valence-corrected chi connectivity index (χ4v) is 3.13. The largest absolute Gasteiger partial charge is 0.456 e. The van der Waals surface area contributed by atoms with Gasteiger partial charge in [0.1, 0.15) is 5.60 Å². The highest BCUT2D eigenvalue weighted by molar-refractivity contribution is 9.10. The van der Waals surface area contributed by atoms with Crippen LogP contribution in [0.15, 0.2) is 47.1 Å². The van der Waals surface area contributed by atoms with Gasteiger partial charge >= 0.3 is 5.97 Å². The number of halogens is 1. The van der Waals surface area contributed by atoms with E-state index in [4.69, 9.17) is 4.74 Å². The Morgan fingerprint density at radius 2 is 1.86 bits per heavy atom. The summed E-state index contributed by atoms with van der Waals surface area (Å²) in [4.78, 5) is 29.5. The van der Waals surface area contributed by atoms with E-state index in [1.807, 2.05) is 32.9 Å². The van der Waals surface area contributed by atoms with Gasteiger partial charge in [-0.2, -0.15) is 0 Å². The molecule has 1 atom stereocenters. The van der Waals surface area contributed by atoms with Crippen LogP contribution < -0.4 is 5.32 Å². The number of ether oxygens (including phenoxy) is 1. The summed E-state index contributed by atoms with van der Waals surface area (Å²) in [6.45, 7) is 5.49. The van der Waals surface area contributed by atoms with Crippen molar-refractivity contribution in [2.24, 2.45) is 5.92 Å². The second-order valence-corrected chi connectivity index (χ2v) is 9.12. The molecule has 1 aliphatic rings. The van der Waals surface area contributed by atoms with E-state index in [0.717, 1.165) is 16.6 Å². The third-order valence-corrected chi connectivity index (χ3v) is 4.95. The van der Waals surface area contributed by atoms with Gasteiger partial charge in [0.05, 0.1) is 17.2 Å². The van der Waals surface area contributed by atoms with Gasteiger partial charge in [-0.1, -0.05) is 12.8 Å². The average Bonchev–Trinajstić information content (AvgIpc) is 3.44. The predicted octanol–water partition coefficient (Wildman–Crippen LogP) is 5.32. The molecule has 1 amide bonds. The van der Waals surface area contributed by atoms with Crippen LogP contribution in [0.2, 0.25) is 0 Å². The van der Waals surface area contributed by atoms with Gasteiger partial charge in [-0.05, 0) is 85.4 Å². The van der Waals surface area contributed by atoms with Gasteiger partial charge in [-0.15, -0.1) is 0 Å². The van der Waals surface area contributed by atoms with E-state index in [9.17, 15) is 9.59 Å². The molecular weight excluding hydrogens is 420 g/mol. The Kier molecular flexibility index (Phi) is 6.18. The Hall–Kier alpha value is -2.21. The number of benzene rings is 1. The second-order valence-electron chi connectivity index (χ2n) is 8.20. The molecule has 1 aromatic carbocycles. The molecule has 0 radical (unpaired) electrons. The third kappa shape index (κ3) is 5.89. The summed E-state index contributed by atoms with van der Waals surface area (Å²) in [7, 11) is 0. The molecule has 0 aliphatic heterocycles. The fourth-order valence-electron chi connectivity index (χ4n) is 2.90. The summed E-state index contributed by atoms with van der Waals surface area (Å²) in [6.07, 6.45) is 4.87. The van der Waals surface area contributed by atoms with E-state index >= 15 is 0 Å². The number of rotatable bonds is 6. The van der Waals surface area contributed by atoms with E-state index in [-0.39, 0.29) is 17.8 Å². The van der Waals surface area contributed by atoms with Crippen LogP contribution in [-0.4, -0.2) is 22.5 Å². The van der Waals surface area contributed by atoms with Gasteiger partial charge in [0.15, 0.2) is 0 Å². The number of aromatic nitrogens is 1. The van der Waals surface area contributed by atoms with Gasteiger partial charge in [0, 0.05) is 16.4 Å². The van der Waals surface area contributed by atoms with Gasteiger partial charge in [-0.3, -0.25) is 9.78 Å². The van der Waals surface area contributed by atoms with Crippen LogP contribution in [0.5, 0.6) is 0 Å². The van der Waals surface area contributed by atoms with Crippen molar-refractivity contribution in [1.82, 2.24) is 4.98 Å². The van der Waals surface area contributed by atoms with Crippen molar-refractivity contribution in [3.8, 4) is 0 Å². The van der Waals surface area contributed by atoms with E-state index in [2.05, 4.69) is 26.2 Å². The standard InChI is InChI=1S/C22H25BrN2O3/c1-22(2,3)28-21(27)15-6-9-17(10-7-15)25-20(26)18(12-14-4-5-14)19-11-8-16(23)13-24-19/h6-11,13-14,18H,4-5,12H2,1-3H3,(H,25,26). The summed E-state index contributed by atoms with van der Waals surface area (Å²) in [5.41, 5.74) is 1.34. The monoisotopic (exact) mass is 444 g/mol. The number of hydrogen-bond acceptors (Lipinski definition) is 4. The molecule has 0 bridgehead atoms. The minimum atomic E-state index is -0.544. The van der Waals surface area contributed by atoms with Crippen molar-refractivity contribution in [1.29, 1.82) is 0 Å². The Balaban J connectivity index is 1.69. The van der Waals surface area contributed by atoms with Crippen molar-refractivity contribution >= 4 is 33.5 Å². The van der Waals surface area contributed by atoms with Crippen molar-refractivity contribution in [3.63, 3.8) is 0 Å². The van der Waals surface area contributed by atoms with E-state index in [0.29, 0.717) is 17.2 Å². The van der Waals surface area contributed by atoms with Crippen molar-refractivity contribution in [3.05, 3.63) is 58.3 Å². The fraction of sp³-hybridized carbons (Fsp3) is 0.409. The molecule has 1 heterocycles. The van der Waals surface area contributed by atoms with Crippen LogP contribution in [0.4, 0.5) is 5.69 Å². The van der Waals surface area contributed by atoms with Crippen LogP contribution in [0.1, 0.15) is 62.0 Å². The van der Waals surface area contributed by atoms with E-state index in [1.54, 1.807) is 30.5 Å². The predicted molar refractivity (Wildman–Crippen MR) is 112 cm³/mol. The van der Waals surface area contributed by atoms with Crippen LogP contribution in [0.25, 0.3) is 0 Å². The first-order chi connectivity index (χ1) is 13.2. The zero-order chi connectivity index (χ0) is 20.3. The smallest absolute Gasteiger partial charge is 0.338 e. The SMILES string of the molecule is CC(C)(C)OC(=O)c1ccc(NC(=O)C(CC2CC2)c2ccc(Br)cn2)cc1. The van der Waals surface area contributed by atoms with Crippen LogP contribution in [0, 0.1) is 5.92 Å². The number of hydrogen-bond donors (Lipinski definition) is 1. The molecule has 3 rings (SSSR count). The number of carbonyl (C=O) groups excluding carboxylic acids is 2.